The van der Waals surface area contributed by atoms with Crippen LogP contribution in [0.1, 0.15) is 21.7 Å². The summed E-state index contributed by atoms with van der Waals surface area (Å²) in [5.74, 6) is -0.341. The normalized spacial score (nSPS) is 10.2. The molecule has 3 N–H and O–H groups in total. The molecule has 4 nitrogen and oxygen atoms in total. The van der Waals surface area contributed by atoms with Gasteiger partial charge in [-0.15, -0.1) is 0 Å². The number of carbonyl (C=O) groups is 1. The molecular weight excluding hydrogens is 267 g/mol. The van der Waals surface area contributed by atoms with Gasteiger partial charge in [0.05, 0.1) is 17.5 Å². The zero-order valence-corrected chi connectivity index (χ0v) is 10.9. The lowest BCUT2D eigenvalue weighted by Crippen LogP contribution is -2.18. The number of anilines is 1. The molecular formula is C13H11FN2O2S. The standard InChI is InChI=1S/C13H11FN2O2S/c1-7-9(4-5-18-7)13(17)16-11-3-2-8(14)6-10(11)12(15)19/h2-6H,1H3,(H2,15,19)(H,16,17). The van der Waals surface area contributed by atoms with Gasteiger partial charge in [-0.3, -0.25) is 4.79 Å². The van der Waals surface area contributed by atoms with E-state index in [0.717, 1.165) is 0 Å². The van der Waals surface area contributed by atoms with Gasteiger partial charge in [0.1, 0.15) is 16.6 Å². The molecule has 0 aliphatic heterocycles. The summed E-state index contributed by atoms with van der Waals surface area (Å²) in [4.78, 5) is 12.0. The van der Waals surface area contributed by atoms with Crippen LogP contribution in [0.5, 0.6) is 0 Å². The van der Waals surface area contributed by atoms with Gasteiger partial charge in [0, 0.05) is 5.56 Å². The van der Waals surface area contributed by atoms with Crippen molar-refractivity contribution in [3.8, 4) is 0 Å². The van der Waals surface area contributed by atoms with E-state index in [1.54, 1.807) is 13.0 Å². The third-order valence-corrected chi connectivity index (χ3v) is 2.82. The average molecular weight is 278 g/mol. The first kappa shape index (κ1) is 13.2. The van der Waals surface area contributed by atoms with Crippen molar-refractivity contribution < 1.29 is 13.6 Å². The van der Waals surface area contributed by atoms with Crippen molar-refractivity contribution in [2.75, 3.05) is 5.32 Å². The molecule has 0 fully saturated rings. The summed E-state index contributed by atoms with van der Waals surface area (Å²) in [6, 6.07) is 5.37. The monoisotopic (exact) mass is 278 g/mol. The molecule has 1 aromatic carbocycles. The van der Waals surface area contributed by atoms with Gasteiger partial charge in [0.15, 0.2) is 0 Å². The molecule has 0 radical (unpaired) electrons. The van der Waals surface area contributed by atoms with Crippen molar-refractivity contribution in [1.82, 2.24) is 0 Å². The number of hydrogen-bond acceptors (Lipinski definition) is 3. The Morgan fingerprint density at radius 2 is 2.11 bits per heavy atom. The van der Waals surface area contributed by atoms with Crippen LogP contribution >= 0.6 is 12.2 Å². The first-order chi connectivity index (χ1) is 8.99. The van der Waals surface area contributed by atoms with Crippen LogP contribution < -0.4 is 11.1 Å². The summed E-state index contributed by atoms with van der Waals surface area (Å²) in [6.07, 6.45) is 1.42. The largest absolute Gasteiger partial charge is 0.469 e. The third-order valence-electron chi connectivity index (χ3n) is 2.60. The molecule has 2 aromatic rings. The highest BCUT2D eigenvalue weighted by atomic mass is 32.1. The molecule has 0 aliphatic carbocycles. The Morgan fingerprint density at radius 1 is 1.37 bits per heavy atom. The molecule has 1 aromatic heterocycles. The van der Waals surface area contributed by atoms with E-state index < -0.39 is 5.82 Å². The second kappa shape index (κ2) is 5.19. The Bertz CT molecular complexity index is 652. The van der Waals surface area contributed by atoms with E-state index in [4.69, 9.17) is 22.4 Å². The molecule has 6 heteroatoms. The van der Waals surface area contributed by atoms with Crippen LogP contribution in [-0.2, 0) is 0 Å². The first-order valence-corrected chi connectivity index (χ1v) is 5.84. The first-order valence-electron chi connectivity index (χ1n) is 5.44. The van der Waals surface area contributed by atoms with Crippen LogP contribution in [0.3, 0.4) is 0 Å². The molecule has 0 atom stereocenters. The summed E-state index contributed by atoms with van der Waals surface area (Å²) in [7, 11) is 0. The van der Waals surface area contributed by atoms with E-state index >= 15 is 0 Å². The Hall–Kier alpha value is -2.21. The molecule has 2 rings (SSSR count). The van der Waals surface area contributed by atoms with Gasteiger partial charge >= 0.3 is 0 Å². The topological polar surface area (TPSA) is 68.3 Å². The summed E-state index contributed by atoms with van der Waals surface area (Å²) in [5, 5.41) is 2.63. The lowest BCUT2D eigenvalue weighted by atomic mass is 10.1. The van der Waals surface area contributed by atoms with E-state index in [0.29, 0.717) is 17.0 Å². The van der Waals surface area contributed by atoms with Crippen molar-refractivity contribution >= 4 is 28.8 Å². The van der Waals surface area contributed by atoms with Gasteiger partial charge in [0.25, 0.3) is 5.91 Å². The number of benzene rings is 1. The minimum absolute atomic E-state index is 0.0127. The van der Waals surface area contributed by atoms with Crippen LogP contribution in [0.15, 0.2) is 34.9 Å². The molecule has 1 heterocycles. The number of rotatable bonds is 3. The lowest BCUT2D eigenvalue weighted by Gasteiger charge is -2.09. The van der Waals surface area contributed by atoms with Crippen LogP contribution in [0.4, 0.5) is 10.1 Å². The molecule has 19 heavy (non-hydrogen) atoms. The number of nitrogens with two attached hydrogens (primary N) is 1. The van der Waals surface area contributed by atoms with Gasteiger partial charge in [-0.05, 0) is 31.2 Å². The molecule has 0 spiro atoms. The Kier molecular flexibility index (Phi) is 3.62. The Labute approximate surface area is 114 Å². The van der Waals surface area contributed by atoms with E-state index in [2.05, 4.69) is 5.32 Å². The summed E-state index contributed by atoms with van der Waals surface area (Å²) >= 11 is 4.83. The molecule has 0 saturated carbocycles. The number of aryl methyl sites for hydroxylation is 1. The van der Waals surface area contributed by atoms with Crippen LogP contribution in [0.2, 0.25) is 0 Å². The maximum absolute atomic E-state index is 13.1. The van der Waals surface area contributed by atoms with Crippen LogP contribution in [0, 0.1) is 12.7 Å². The number of carbonyl (C=O) groups excluding carboxylic acids is 1. The molecule has 98 valence electrons. The van der Waals surface area contributed by atoms with Crippen LogP contribution in [0.25, 0.3) is 0 Å². The van der Waals surface area contributed by atoms with E-state index in [-0.39, 0.29) is 16.5 Å². The Morgan fingerprint density at radius 3 is 2.68 bits per heavy atom. The Balaban J connectivity index is 2.32. The second-order valence-electron chi connectivity index (χ2n) is 3.90. The number of thiocarbonyl (C=S) groups is 1. The second-order valence-corrected chi connectivity index (χ2v) is 4.34. The number of amides is 1. The quantitative estimate of drug-likeness (QED) is 0.847. The summed E-state index contributed by atoms with van der Waals surface area (Å²) in [6.45, 7) is 1.67. The third kappa shape index (κ3) is 2.79. The van der Waals surface area contributed by atoms with Gasteiger partial charge in [-0.25, -0.2) is 4.39 Å². The van der Waals surface area contributed by atoms with Gasteiger partial charge in [0.2, 0.25) is 0 Å². The molecule has 0 aliphatic rings. The SMILES string of the molecule is Cc1occc1C(=O)Nc1ccc(F)cc1C(N)=S. The zero-order chi connectivity index (χ0) is 14.0. The fraction of sp³-hybridized carbons (Fsp3) is 0.0769. The van der Waals surface area contributed by atoms with Crippen molar-refractivity contribution in [3.63, 3.8) is 0 Å². The maximum Gasteiger partial charge on any atom is 0.259 e. The highest BCUT2D eigenvalue weighted by Gasteiger charge is 2.14. The zero-order valence-electron chi connectivity index (χ0n) is 10.1. The minimum Gasteiger partial charge on any atom is -0.469 e. The van der Waals surface area contributed by atoms with Gasteiger partial charge in [-0.2, -0.15) is 0 Å². The highest BCUT2D eigenvalue weighted by Crippen LogP contribution is 2.19. The van der Waals surface area contributed by atoms with Crippen LogP contribution in [-0.4, -0.2) is 10.9 Å². The van der Waals surface area contributed by atoms with Crippen molar-refractivity contribution in [1.29, 1.82) is 0 Å². The number of nitrogens with one attached hydrogen (secondary N) is 1. The number of furan rings is 1. The molecule has 0 saturated heterocycles. The molecule has 1 amide bonds. The minimum atomic E-state index is -0.472. The van der Waals surface area contributed by atoms with Gasteiger partial charge < -0.3 is 15.5 Å². The average Bonchev–Trinajstić information content (AvgIpc) is 2.77. The lowest BCUT2D eigenvalue weighted by molar-refractivity contribution is 0.102. The number of hydrogen-bond donors (Lipinski definition) is 2. The fourth-order valence-electron chi connectivity index (χ4n) is 1.64. The molecule has 0 unspecified atom stereocenters. The van der Waals surface area contributed by atoms with Crippen molar-refractivity contribution in [3.05, 3.63) is 53.2 Å². The predicted molar refractivity (Wildman–Crippen MR) is 73.7 cm³/mol. The predicted octanol–water partition coefficient (Wildman–Crippen LogP) is 2.61. The van der Waals surface area contributed by atoms with E-state index in [9.17, 15) is 9.18 Å². The number of halogens is 1. The maximum atomic E-state index is 13.1. The fourth-order valence-corrected chi connectivity index (χ4v) is 1.81. The summed E-state index contributed by atoms with van der Waals surface area (Å²) < 4.78 is 18.2. The van der Waals surface area contributed by atoms with E-state index in [1.807, 2.05) is 0 Å². The smallest absolute Gasteiger partial charge is 0.259 e. The van der Waals surface area contributed by atoms with E-state index in [1.165, 1.54) is 24.5 Å². The highest BCUT2D eigenvalue weighted by molar-refractivity contribution is 7.80. The molecule has 0 bridgehead atoms. The van der Waals surface area contributed by atoms with Crippen molar-refractivity contribution in [2.24, 2.45) is 5.73 Å². The van der Waals surface area contributed by atoms with Crippen molar-refractivity contribution in [2.45, 2.75) is 6.92 Å². The summed E-state index contributed by atoms with van der Waals surface area (Å²) in [5.41, 5.74) is 6.55. The van der Waals surface area contributed by atoms with Gasteiger partial charge in [-0.1, -0.05) is 12.2 Å².